The third kappa shape index (κ3) is 4.59. The van der Waals surface area contributed by atoms with E-state index in [9.17, 15) is 0 Å². The van der Waals surface area contributed by atoms with Gasteiger partial charge in [0.05, 0.1) is 0 Å². The Kier molecular flexibility index (Phi) is 7.14. The van der Waals surface area contributed by atoms with Gasteiger partial charge in [0.1, 0.15) is 0 Å². The number of rotatable bonds is 6. The maximum absolute atomic E-state index is 5.99. The van der Waals surface area contributed by atoms with E-state index in [0.29, 0.717) is 0 Å². The molecule has 1 rings (SSSR count). The Morgan fingerprint density at radius 1 is 1.18 bits per heavy atom. The first kappa shape index (κ1) is 15.0. The molecular weight excluding hydrogens is 208 g/mol. The molecule has 1 aliphatic carbocycles. The number of hydrogen-bond donors (Lipinski definition) is 1. The normalized spacial score (nSPS) is 28.1. The Bertz CT molecular complexity index is 193. The van der Waals surface area contributed by atoms with Crippen LogP contribution in [0.2, 0.25) is 0 Å². The van der Waals surface area contributed by atoms with E-state index >= 15 is 0 Å². The van der Waals surface area contributed by atoms with Crippen molar-refractivity contribution in [3.05, 3.63) is 0 Å². The van der Waals surface area contributed by atoms with Crippen molar-refractivity contribution in [2.45, 2.75) is 65.3 Å². The lowest BCUT2D eigenvalue weighted by Crippen LogP contribution is -2.44. The van der Waals surface area contributed by atoms with Crippen LogP contribution in [0.25, 0.3) is 0 Å². The molecule has 1 saturated carbocycles. The number of nitrogens with two attached hydrogens (primary N) is 1. The van der Waals surface area contributed by atoms with E-state index in [1.165, 1.54) is 51.6 Å². The van der Waals surface area contributed by atoms with Crippen molar-refractivity contribution in [3.63, 3.8) is 0 Å². The summed E-state index contributed by atoms with van der Waals surface area (Å²) < 4.78 is 0. The minimum absolute atomic E-state index is 0.738. The van der Waals surface area contributed by atoms with Gasteiger partial charge in [-0.05, 0) is 37.8 Å². The lowest BCUT2D eigenvalue weighted by atomic mass is 9.92. The second-order valence-corrected chi connectivity index (χ2v) is 5.80. The van der Waals surface area contributed by atoms with Gasteiger partial charge in [-0.3, -0.25) is 0 Å². The van der Waals surface area contributed by atoms with E-state index in [2.05, 4.69) is 25.7 Å². The highest BCUT2D eigenvalue weighted by atomic mass is 15.2. The number of nitrogens with zero attached hydrogens (tertiary/aromatic N) is 1. The van der Waals surface area contributed by atoms with Gasteiger partial charge >= 0.3 is 0 Å². The minimum atomic E-state index is 0.738. The highest BCUT2D eigenvalue weighted by molar-refractivity contribution is 4.83. The van der Waals surface area contributed by atoms with Gasteiger partial charge in [0.15, 0.2) is 0 Å². The Morgan fingerprint density at radius 3 is 2.47 bits per heavy atom. The molecule has 2 N–H and O–H groups in total. The monoisotopic (exact) mass is 240 g/mol. The van der Waals surface area contributed by atoms with E-state index in [1.54, 1.807) is 0 Å². The molecule has 0 aromatic carbocycles. The summed E-state index contributed by atoms with van der Waals surface area (Å²) in [5.74, 6) is 1.55. The van der Waals surface area contributed by atoms with E-state index in [1.807, 2.05) is 0 Å². The van der Waals surface area contributed by atoms with Gasteiger partial charge < -0.3 is 10.6 Å². The Balaban J connectivity index is 2.61. The van der Waals surface area contributed by atoms with Gasteiger partial charge in [0, 0.05) is 12.6 Å². The summed E-state index contributed by atoms with van der Waals surface area (Å²) in [4.78, 5) is 2.71. The van der Waals surface area contributed by atoms with Crippen molar-refractivity contribution >= 4 is 0 Å². The third-order valence-electron chi connectivity index (χ3n) is 4.54. The van der Waals surface area contributed by atoms with Gasteiger partial charge in [-0.2, -0.15) is 0 Å². The molecule has 0 radical (unpaired) electrons. The van der Waals surface area contributed by atoms with Crippen LogP contribution in [-0.2, 0) is 0 Å². The van der Waals surface area contributed by atoms with Crippen LogP contribution < -0.4 is 5.73 Å². The highest BCUT2D eigenvalue weighted by Crippen LogP contribution is 2.27. The first-order chi connectivity index (χ1) is 8.22. The van der Waals surface area contributed by atoms with Gasteiger partial charge in [-0.25, -0.2) is 0 Å². The predicted molar refractivity (Wildman–Crippen MR) is 76.1 cm³/mol. The molecular formula is C15H32N2. The minimum Gasteiger partial charge on any atom is -0.330 e. The summed E-state index contributed by atoms with van der Waals surface area (Å²) in [6, 6.07) is 0.751. The molecule has 102 valence electrons. The molecule has 1 fully saturated rings. The largest absolute Gasteiger partial charge is 0.330 e. The molecule has 0 spiro atoms. The smallest absolute Gasteiger partial charge is 0.0135 e. The lowest BCUT2D eigenvalue weighted by Gasteiger charge is -2.36. The summed E-state index contributed by atoms with van der Waals surface area (Å²) in [5, 5.41) is 0. The van der Waals surface area contributed by atoms with Crippen LogP contribution in [0.1, 0.15) is 59.3 Å². The SMILES string of the molecule is CCC(C)CN(CC)C1CCCCCC1CN. The average molecular weight is 240 g/mol. The maximum Gasteiger partial charge on any atom is 0.0135 e. The van der Waals surface area contributed by atoms with Crippen LogP contribution in [0.3, 0.4) is 0 Å². The fraction of sp³-hybridized carbons (Fsp3) is 1.00. The number of hydrogen-bond acceptors (Lipinski definition) is 2. The molecule has 0 aliphatic heterocycles. The Labute approximate surface area is 108 Å². The predicted octanol–water partition coefficient (Wildman–Crippen LogP) is 3.26. The zero-order valence-electron chi connectivity index (χ0n) is 12.1. The third-order valence-corrected chi connectivity index (χ3v) is 4.54. The van der Waals surface area contributed by atoms with Crippen LogP contribution >= 0.6 is 0 Å². The van der Waals surface area contributed by atoms with E-state index in [0.717, 1.165) is 24.4 Å². The molecule has 0 saturated heterocycles. The van der Waals surface area contributed by atoms with Gasteiger partial charge in [-0.1, -0.05) is 46.5 Å². The second-order valence-electron chi connectivity index (χ2n) is 5.80. The maximum atomic E-state index is 5.99. The van der Waals surface area contributed by atoms with E-state index in [-0.39, 0.29) is 0 Å². The average Bonchev–Trinajstić information content (AvgIpc) is 2.60. The molecule has 0 amide bonds. The zero-order valence-corrected chi connectivity index (χ0v) is 12.1. The lowest BCUT2D eigenvalue weighted by molar-refractivity contribution is 0.123. The summed E-state index contributed by atoms with van der Waals surface area (Å²) in [6.45, 7) is 10.3. The molecule has 3 unspecified atom stereocenters. The zero-order chi connectivity index (χ0) is 12.7. The second kappa shape index (κ2) is 8.10. The van der Waals surface area contributed by atoms with Crippen molar-refractivity contribution in [3.8, 4) is 0 Å². The summed E-state index contributed by atoms with van der Waals surface area (Å²) in [5.41, 5.74) is 5.99. The van der Waals surface area contributed by atoms with Gasteiger partial charge in [-0.15, -0.1) is 0 Å². The van der Waals surface area contributed by atoms with Gasteiger partial charge in [0.2, 0.25) is 0 Å². The molecule has 1 aliphatic rings. The van der Waals surface area contributed by atoms with Crippen LogP contribution in [0.5, 0.6) is 0 Å². The Hall–Kier alpha value is -0.0800. The van der Waals surface area contributed by atoms with Crippen molar-refractivity contribution in [2.24, 2.45) is 17.6 Å². The quantitative estimate of drug-likeness (QED) is 0.722. The van der Waals surface area contributed by atoms with Crippen LogP contribution in [0, 0.1) is 11.8 Å². The van der Waals surface area contributed by atoms with Crippen LogP contribution in [0.4, 0.5) is 0 Å². The van der Waals surface area contributed by atoms with E-state index < -0.39 is 0 Å². The molecule has 0 heterocycles. The molecule has 0 aromatic heterocycles. The van der Waals surface area contributed by atoms with Crippen molar-refractivity contribution < 1.29 is 0 Å². The molecule has 3 atom stereocenters. The standard InChI is InChI=1S/C15H32N2/c1-4-13(3)12-17(5-2)15-10-8-6-7-9-14(15)11-16/h13-15H,4-12,16H2,1-3H3. The summed E-state index contributed by atoms with van der Waals surface area (Å²) in [7, 11) is 0. The highest BCUT2D eigenvalue weighted by Gasteiger charge is 2.27. The summed E-state index contributed by atoms with van der Waals surface area (Å²) in [6.07, 6.45) is 8.20. The van der Waals surface area contributed by atoms with Crippen molar-refractivity contribution in [2.75, 3.05) is 19.6 Å². The molecule has 0 bridgehead atoms. The Morgan fingerprint density at radius 2 is 1.88 bits per heavy atom. The molecule has 17 heavy (non-hydrogen) atoms. The summed E-state index contributed by atoms with van der Waals surface area (Å²) >= 11 is 0. The van der Waals surface area contributed by atoms with Crippen molar-refractivity contribution in [1.29, 1.82) is 0 Å². The fourth-order valence-electron chi connectivity index (χ4n) is 3.15. The van der Waals surface area contributed by atoms with Gasteiger partial charge in [0.25, 0.3) is 0 Å². The topological polar surface area (TPSA) is 29.3 Å². The first-order valence-corrected chi connectivity index (χ1v) is 7.67. The first-order valence-electron chi connectivity index (χ1n) is 7.67. The molecule has 2 nitrogen and oxygen atoms in total. The van der Waals surface area contributed by atoms with Crippen LogP contribution in [0.15, 0.2) is 0 Å². The molecule has 0 aromatic rings. The van der Waals surface area contributed by atoms with Crippen molar-refractivity contribution in [1.82, 2.24) is 4.90 Å². The van der Waals surface area contributed by atoms with E-state index in [4.69, 9.17) is 5.73 Å². The van der Waals surface area contributed by atoms with Crippen LogP contribution in [-0.4, -0.2) is 30.6 Å². The molecule has 2 heteroatoms. The fourth-order valence-corrected chi connectivity index (χ4v) is 3.15.